The number of ether oxygens (including phenoxy) is 2. The maximum Gasteiger partial charge on any atom is 0.341 e. The molecule has 0 radical (unpaired) electrons. The number of nitrogens with zero attached hydrogens (tertiary/aromatic N) is 1. The van der Waals surface area contributed by atoms with Crippen LogP contribution in [-0.2, 0) is 9.47 Å². The third-order valence-corrected chi connectivity index (χ3v) is 3.70. The quantitative estimate of drug-likeness (QED) is 0.561. The molecule has 1 unspecified atom stereocenters. The van der Waals surface area contributed by atoms with Crippen LogP contribution in [-0.4, -0.2) is 31.0 Å². The predicted octanol–water partition coefficient (Wildman–Crippen LogP) is -0.102. The molecule has 1 aliphatic rings. The first kappa shape index (κ1) is 13.3. The molecular formula is C10H12IN3O4. The van der Waals surface area contributed by atoms with Gasteiger partial charge in [-0.05, 0) is 22.6 Å². The minimum atomic E-state index is -0.571. The van der Waals surface area contributed by atoms with Gasteiger partial charge in [-0.1, -0.05) is 0 Å². The third kappa shape index (κ3) is 2.22. The molecule has 0 aliphatic carbocycles. The lowest BCUT2D eigenvalue weighted by atomic mass is 10.2. The van der Waals surface area contributed by atoms with Crippen molar-refractivity contribution < 1.29 is 14.3 Å². The number of pyridine rings is 1. The van der Waals surface area contributed by atoms with Gasteiger partial charge in [-0.25, -0.2) is 4.79 Å². The molecule has 1 fully saturated rings. The third-order valence-electron chi connectivity index (χ3n) is 2.65. The number of halogens is 1. The predicted molar refractivity (Wildman–Crippen MR) is 72.2 cm³/mol. The van der Waals surface area contributed by atoms with Gasteiger partial charge in [0.25, 0.3) is 5.56 Å². The summed E-state index contributed by atoms with van der Waals surface area (Å²) in [5.74, 6) is -0.571. The molecule has 1 aliphatic heterocycles. The summed E-state index contributed by atoms with van der Waals surface area (Å²) in [6.45, 7) is 0.728. The Bertz CT molecular complexity index is 537. The number of hydrogen-bond acceptors (Lipinski definition) is 6. The van der Waals surface area contributed by atoms with Crippen molar-refractivity contribution in [1.82, 2.24) is 9.88 Å². The summed E-state index contributed by atoms with van der Waals surface area (Å²) in [5, 5.41) is 2.99. The first-order valence-electron chi connectivity index (χ1n) is 5.15. The van der Waals surface area contributed by atoms with E-state index in [1.54, 1.807) is 0 Å². The topological polar surface area (TPSA) is 95.6 Å². The number of carbonyl (C=O) groups is 1. The monoisotopic (exact) mass is 365 g/mol. The molecule has 98 valence electrons. The number of nitrogen functional groups attached to an aromatic ring is 1. The molecular weight excluding hydrogens is 353 g/mol. The van der Waals surface area contributed by atoms with Gasteiger partial charge < -0.3 is 15.2 Å². The Labute approximate surface area is 116 Å². The van der Waals surface area contributed by atoms with E-state index in [2.05, 4.69) is 10.1 Å². The van der Waals surface area contributed by atoms with E-state index in [9.17, 15) is 9.59 Å². The van der Waals surface area contributed by atoms with Gasteiger partial charge in [-0.3, -0.25) is 14.7 Å². The lowest BCUT2D eigenvalue weighted by Gasteiger charge is -2.16. The molecule has 0 amide bonds. The standard InChI is InChI=1S/C10H12IN3O4/c1-17-10(16)5-2-14(6-3-18-4-13-6)9(15)7(11)8(5)12/h2,6,13H,3-4,12H2,1H3. The molecule has 7 nitrogen and oxygen atoms in total. The van der Waals surface area contributed by atoms with Gasteiger partial charge in [0, 0.05) is 6.20 Å². The Balaban J connectivity index is 2.56. The molecule has 1 aromatic rings. The van der Waals surface area contributed by atoms with Crippen molar-refractivity contribution in [3.05, 3.63) is 25.7 Å². The van der Waals surface area contributed by atoms with Crippen LogP contribution in [0.25, 0.3) is 0 Å². The lowest BCUT2D eigenvalue weighted by molar-refractivity contribution is 0.0600. The average molecular weight is 365 g/mol. The average Bonchev–Trinajstić information content (AvgIpc) is 2.89. The van der Waals surface area contributed by atoms with Crippen LogP contribution < -0.4 is 16.6 Å². The highest BCUT2D eigenvalue weighted by atomic mass is 127. The van der Waals surface area contributed by atoms with Crippen molar-refractivity contribution in [3.8, 4) is 0 Å². The van der Waals surface area contributed by atoms with Crippen LogP contribution >= 0.6 is 22.6 Å². The van der Waals surface area contributed by atoms with Gasteiger partial charge in [-0.15, -0.1) is 0 Å². The van der Waals surface area contributed by atoms with Crippen LogP contribution in [0.4, 0.5) is 5.69 Å². The molecule has 1 atom stereocenters. The van der Waals surface area contributed by atoms with Gasteiger partial charge in [0.15, 0.2) is 0 Å². The smallest absolute Gasteiger partial charge is 0.341 e. The highest BCUT2D eigenvalue weighted by Crippen LogP contribution is 2.19. The molecule has 2 rings (SSSR count). The van der Waals surface area contributed by atoms with Crippen molar-refractivity contribution in [2.45, 2.75) is 6.17 Å². The Hall–Kier alpha value is -1.13. The van der Waals surface area contributed by atoms with Crippen molar-refractivity contribution in [2.24, 2.45) is 0 Å². The van der Waals surface area contributed by atoms with Crippen LogP contribution in [0.5, 0.6) is 0 Å². The molecule has 0 saturated carbocycles. The van der Waals surface area contributed by atoms with Crippen molar-refractivity contribution in [1.29, 1.82) is 0 Å². The molecule has 2 heterocycles. The fraction of sp³-hybridized carbons (Fsp3) is 0.400. The van der Waals surface area contributed by atoms with E-state index in [1.165, 1.54) is 17.9 Å². The summed E-state index contributed by atoms with van der Waals surface area (Å²) in [4.78, 5) is 23.7. The summed E-state index contributed by atoms with van der Waals surface area (Å²) >= 11 is 1.82. The SMILES string of the molecule is COC(=O)c1cn(C2COCN2)c(=O)c(I)c1N. The molecule has 1 saturated heterocycles. The number of anilines is 1. The highest BCUT2D eigenvalue weighted by molar-refractivity contribution is 14.1. The molecule has 1 aromatic heterocycles. The van der Waals surface area contributed by atoms with Gasteiger partial charge in [-0.2, -0.15) is 0 Å². The number of hydrogen-bond donors (Lipinski definition) is 2. The minimum Gasteiger partial charge on any atom is -0.465 e. The van der Waals surface area contributed by atoms with E-state index in [1.807, 2.05) is 22.6 Å². The first-order chi connectivity index (χ1) is 8.56. The second-order valence-corrected chi connectivity index (χ2v) is 4.79. The second-order valence-electron chi connectivity index (χ2n) is 3.71. The van der Waals surface area contributed by atoms with Crippen LogP contribution in [0, 0.1) is 3.57 Å². The zero-order valence-corrected chi connectivity index (χ0v) is 11.8. The first-order valence-corrected chi connectivity index (χ1v) is 6.23. The van der Waals surface area contributed by atoms with Gasteiger partial charge >= 0.3 is 5.97 Å². The Morgan fingerprint density at radius 1 is 1.72 bits per heavy atom. The zero-order chi connectivity index (χ0) is 13.3. The largest absolute Gasteiger partial charge is 0.465 e. The van der Waals surface area contributed by atoms with E-state index in [4.69, 9.17) is 10.5 Å². The summed E-state index contributed by atoms with van der Waals surface area (Å²) in [6.07, 6.45) is 1.10. The van der Waals surface area contributed by atoms with Crippen LogP contribution in [0.15, 0.2) is 11.0 Å². The van der Waals surface area contributed by atoms with Crippen LogP contribution in [0.1, 0.15) is 16.5 Å². The van der Waals surface area contributed by atoms with Crippen molar-refractivity contribution in [2.75, 3.05) is 26.2 Å². The molecule has 8 heteroatoms. The fourth-order valence-corrected chi connectivity index (χ4v) is 2.25. The molecule has 18 heavy (non-hydrogen) atoms. The maximum absolute atomic E-state index is 12.1. The number of carbonyl (C=O) groups excluding carboxylic acids is 1. The number of esters is 1. The fourth-order valence-electron chi connectivity index (χ4n) is 1.68. The van der Waals surface area contributed by atoms with Gasteiger partial charge in [0.05, 0.1) is 26.1 Å². The summed E-state index contributed by atoms with van der Waals surface area (Å²) in [6, 6.07) is 0. The molecule has 3 N–H and O–H groups in total. The normalized spacial score (nSPS) is 18.9. The minimum absolute atomic E-state index is 0.141. The summed E-state index contributed by atoms with van der Waals surface area (Å²) < 4.78 is 11.5. The Morgan fingerprint density at radius 3 is 3.00 bits per heavy atom. The van der Waals surface area contributed by atoms with Crippen LogP contribution in [0.2, 0.25) is 0 Å². The maximum atomic E-state index is 12.1. The van der Waals surface area contributed by atoms with E-state index in [0.29, 0.717) is 16.9 Å². The Kier molecular flexibility index (Phi) is 3.88. The van der Waals surface area contributed by atoms with E-state index >= 15 is 0 Å². The van der Waals surface area contributed by atoms with Crippen LogP contribution in [0.3, 0.4) is 0 Å². The zero-order valence-electron chi connectivity index (χ0n) is 9.60. The van der Waals surface area contributed by atoms with E-state index < -0.39 is 5.97 Å². The summed E-state index contributed by atoms with van der Waals surface area (Å²) in [5.41, 5.74) is 5.81. The van der Waals surface area contributed by atoms with E-state index in [0.717, 1.165) is 0 Å². The van der Waals surface area contributed by atoms with Gasteiger partial charge in [0.1, 0.15) is 15.3 Å². The Morgan fingerprint density at radius 2 is 2.44 bits per heavy atom. The lowest BCUT2D eigenvalue weighted by Crippen LogP contribution is -2.34. The number of nitrogens with two attached hydrogens (primary N) is 1. The molecule has 0 aromatic carbocycles. The second kappa shape index (κ2) is 5.24. The van der Waals surface area contributed by atoms with Crippen molar-refractivity contribution >= 4 is 34.2 Å². The molecule has 0 bridgehead atoms. The number of nitrogens with one attached hydrogen (secondary N) is 1. The summed E-state index contributed by atoms with van der Waals surface area (Å²) in [7, 11) is 1.26. The van der Waals surface area contributed by atoms with Gasteiger partial charge in [0.2, 0.25) is 0 Å². The number of methoxy groups -OCH3 is 1. The number of aromatic nitrogens is 1. The highest BCUT2D eigenvalue weighted by Gasteiger charge is 2.23. The van der Waals surface area contributed by atoms with E-state index in [-0.39, 0.29) is 23.0 Å². The van der Waals surface area contributed by atoms with Crippen molar-refractivity contribution in [3.63, 3.8) is 0 Å². The number of rotatable bonds is 2. The molecule has 0 spiro atoms.